The van der Waals surface area contributed by atoms with Crippen LogP contribution in [0.2, 0.25) is 0 Å². The van der Waals surface area contributed by atoms with Gasteiger partial charge in [0, 0.05) is 31.7 Å². The van der Waals surface area contributed by atoms with Crippen molar-refractivity contribution >= 4 is 5.91 Å². The number of carbonyl (C=O) groups excluding carboxylic acids is 1. The Morgan fingerprint density at radius 1 is 1.47 bits per heavy atom. The average molecular weight is 260 g/mol. The molecule has 2 heterocycles. The standard InChI is InChI=1S/C13H16N4O2/c1-2-16(8-9-18)13(19)12-10-11(4-6-14-12)17-7-3-5-15-17/h3-7,10,18H,2,8-9H2,1H3. The molecule has 0 spiro atoms. The zero-order valence-corrected chi connectivity index (χ0v) is 10.7. The second-order valence-corrected chi connectivity index (χ2v) is 3.96. The predicted octanol–water partition coefficient (Wildman–Crippen LogP) is 0.722. The number of aliphatic hydroxyl groups is 1. The molecule has 6 nitrogen and oxygen atoms in total. The van der Waals surface area contributed by atoms with Crippen molar-refractivity contribution in [3.05, 3.63) is 42.5 Å². The molecule has 0 saturated carbocycles. The van der Waals surface area contributed by atoms with Gasteiger partial charge in [-0.25, -0.2) is 4.68 Å². The maximum Gasteiger partial charge on any atom is 0.272 e. The van der Waals surface area contributed by atoms with E-state index in [2.05, 4.69) is 10.1 Å². The molecule has 0 saturated heterocycles. The number of nitrogens with zero attached hydrogens (tertiary/aromatic N) is 4. The highest BCUT2D eigenvalue weighted by atomic mass is 16.3. The third-order valence-electron chi connectivity index (χ3n) is 2.77. The second-order valence-electron chi connectivity index (χ2n) is 3.96. The van der Waals surface area contributed by atoms with Gasteiger partial charge < -0.3 is 10.0 Å². The summed E-state index contributed by atoms with van der Waals surface area (Å²) in [5, 5.41) is 13.1. The fourth-order valence-electron chi connectivity index (χ4n) is 1.79. The number of likely N-dealkylation sites (N-methyl/N-ethyl adjacent to an activating group) is 1. The number of hydrogen-bond donors (Lipinski definition) is 1. The highest BCUT2D eigenvalue weighted by Crippen LogP contribution is 2.09. The van der Waals surface area contributed by atoms with Gasteiger partial charge in [0.15, 0.2) is 0 Å². The number of pyridine rings is 1. The highest BCUT2D eigenvalue weighted by Gasteiger charge is 2.15. The van der Waals surface area contributed by atoms with Crippen LogP contribution >= 0.6 is 0 Å². The monoisotopic (exact) mass is 260 g/mol. The molecule has 0 aromatic carbocycles. The highest BCUT2D eigenvalue weighted by molar-refractivity contribution is 5.92. The van der Waals surface area contributed by atoms with Crippen molar-refractivity contribution in [2.45, 2.75) is 6.92 Å². The first-order chi connectivity index (χ1) is 9.26. The maximum atomic E-state index is 12.2. The zero-order chi connectivity index (χ0) is 13.7. The molecule has 0 aliphatic carbocycles. The zero-order valence-electron chi connectivity index (χ0n) is 10.7. The van der Waals surface area contributed by atoms with Crippen molar-refractivity contribution < 1.29 is 9.90 Å². The summed E-state index contributed by atoms with van der Waals surface area (Å²) in [6, 6.07) is 5.29. The first kappa shape index (κ1) is 13.2. The van der Waals surface area contributed by atoms with Crippen molar-refractivity contribution in [1.82, 2.24) is 19.7 Å². The third-order valence-corrected chi connectivity index (χ3v) is 2.77. The Balaban J connectivity index is 2.25. The molecule has 0 aliphatic heterocycles. The first-order valence-electron chi connectivity index (χ1n) is 6.12. The van der Waals surface area contributed by atoms with E-state index in [1.54, 1.807) is 40.3 Å². The van der Waals surface area contributed by atoms with E-state index in [1.807, 2.05) is 13.0 Å². The van der Waals surface area contributed by atoms with Crippen LogP contribution in [-0.4, -0.2) is 50.4 Å². The van der Waals surface area contributed by atoms with Crippen molar-refractivity contribution in [1.29, 1.82) is 0 Å². The van der Waals surface area contributed by atoms with Gasteiger partial charge in [0.05, 0.1) is 12.3 Å². The van der Waals surface area contributed by atoms with Crippen LogP contribution < -0.4 is 0 Å². The normalized spacial score (nSPS) is 10.4. The number of amides is 1. The van der Waals surface area contributed by atoms with Crippen LogP contribution in [0.1, 0.15) is 17.4 Å². The summed E-state index contributed by atoms with van der Waals surface area (Å²) in [5.74, 6) is -0.189. The molecule has 19 heavy (non-hydrogen) atoms. The lowest BCUT2D eigenvalue weighted by Gasteiger charge is -2.19. The summed E-state index contributed by atoms with van der Waals surface area (Å²) in [4.78, 5) is 17.8. The minimum atomic E-state index is -0.189. The van der Waals surface area contributed by atoms with E-state index in [-0.39, 0.29) is 12.5 Å². The Labute approximate surface area is 111 Å². The van der Waals surface area contributed by atoms with Gasteiger partial charge in [0.2, 0.25) is 0 Å². The minimum Gasteiger partial charge on any atom is -0.395 e. The molecule has 0 unspecified atom stereocenters. The van der Waals surface area contributed by atoms with Gasteiger partial charge in [-0.15, -0.1) is 0 Å². The quantitative estimate of drug-likeness (QED) is 0.860. The van der Waals surface area contributed by atoms with E-state index in [1.165, 1.54) is 0 Å². The van der Waals surface area contributed by atoms with E-state index in [9.17, 15) is 4.79 Å². The number of aromatic nitrogens is 3. The number of carbonyl (C=O) groups is 1. The molecule has 6 heteroatoms. The lowest BCUT2D eigenvalue weighted by atomic mass is 10.3. The molecule has 1 N–H and O–H groups in total. The number of hydrogen-bond acceptors (Lipinski definition) is 4. The molecular weight excluding hydrogens is 244 g/mol. The van der Waals surface area contributed by atoms with Crippen LogP contribution in [0.5, 0.6) is 0 Å². The Morgan fingerprint density at radius 2 is 2.32 bits per heavy atom. The summed E-state index contributed by atoms with van der Waals surface area (Å²) >= 11 is 0. The number of aliphatic hydroxyl groups excluding tert-OH is 1. The van der Waals surface area contributed by atoms with Crippen LogP contribution in [-0.2, 0) is 0 Å². The smallest absolute Gasteiger partial charge is 0.272 e. The molecule has 0 radical (unpaired) electrons. The summed E-state index contributed by atoms with van der Waals surface area (Å²) in [6.45, 7) is 2.65. The van der Waals surface area contributed by atoms with Crippen molar-refractivity contribution in [2.75, 3.05) is 19.7 Å². The number of rotatable bonds is 5. The summed E-state index contributed by atoms with van der Waals surface area (Å²) in [5.41, 5.74) is 1.13. The lowest BCUT2D eigenvalue weighted by molar-refractivity contribution is 0.0726. The summed E-state index contributed by atoms with van der Waals surface area (Å²) in [7, 11) is 0. The molecule has 2 rings (SSSR count). The molecule has 1 amide bonds. The van der Waals surface area contributed by atoms with Gasteiger partial charge in [-0.3, -0.25) is 9.78 Å². The Hall–Kier alpha value is -2.21. The van der Waals surface area contributed by atoms with Gasteiger partial charge in [0.1, 0.15) is 5.69 Å². The molecule has 0 atom stereocenters. The van der Waals surface area contributed by atoms with E-state index in [4.69, 9.17) is 5.11 Å². The first-order valence-corrected chi connectivity index (χ1v) is 6.12. The topological polar surface area (TPSA) is 71.2 Å². The Bertz CT molecular complexity index is 539. The molecule has 100 valence electrons. The lowest BCUT2D eigenvalue weighted by Crippen LogP contribution is -2.33. The largest absolute Gasteiger partial charge is 0.395 e. The van der Waals surface area contributed by atoms with Crippen LogP contribution in [0, 0.1) is 0 Å². The van der Waals surface area contributed by atoms with Gasteiger partial charge in [0.25, 0.3) is 5.91 Å². The molecular formula is C13H16N4O2. The molecule has 2 aromatic rings. The maximum absolute atomic E-state index is 12.2. The molecule has 0 fully saturated rings. The van der Waals surface area contributed by atoms with E-state index in [0.29, 0.717) is 18.8 Å². The molecule has 2 aromatic heterocycles. The van der Waals surface area contributed by atoms with Gasteiger partial charge in [-0.1, -0.05) is 0 Å². The average Bonchev–Trinajstić information content (AvgIpc) is 2.98. The molecule has 0 bridgehead atoms. The summed E-state index contributed by atoms with van der Waals surface area (Å²) in [6.07, 6.45) is 5.05. The van der Waals surface area contributed by atoms with E-state index >= 15 is 0 Å². The van der Waals surface area contributed by atoms with Crippen LogP contribution in [0.25, 0.3) is 5.69 Å². The molecule has 0 aliphatic rings. The van der Waals surface area contributed by atoms with Crippen molar-refractivity contribution in [3.63, 3.8) is 0 Å². The minimum absolute atomic E-state index is 0.0571. The fourth-order valence-corrected chi connectivity index (χ4v) is 1.79. The summed E-state index contributed by atoms with van der Waals surface area (Å²) < 4.78 is 1.67. The van der Waals surface area contributed by atoms with E-state index < -0.39 is 0 Å². The SMILES string of the molecule is CCN(CCO)C(=O)c1cc(-n2cccn2)ccn1. The van der Waals surface area contributed by atoms with Crippen LogP contribution in [0.3, 0.4) is 0 Å². The third kappa shape index (κ3) is 2.97. The second kappa shape index (κ2) is 6.10. The van der Waals surface area contributed by atoms with Crippen molar-refractivity contribution in [3.8, 4) is 5.69 Å². The van der Waals surface area contributed by atoms with Gasteiger partial charge in [-0.2, -0.15) is 5.10 Å². The van der Waals surface area contributed by atoms with Gasteiger partial charge in [-0.05, 0) is 25.1 Å². The van der Waals surface area contributed by atoms with Gasteiger partial charge >= 0.3 is 0 Å². The Kier molecular flexibility index (Phi) is 4.25. The van der Waals surface area contributed by atoms with Crippen LogP contribution in [0.4, 0.5) is 0 Å². The fraction of sp³-hybridized carbons (Fsp3) is 0.308. The van der Waals surface area contributed by atoms with Crippen LogP contribution in [0.15, 0.2) is 36.8 Å². The van der Waals surface area contributed by atoms with E-state index in [0.717, 1.165) is 5.69 Å². The predicted molar refractivity (Wildman–Crippen MR) is 70.0 cm³/mol. The Morgan fingerprint density at radius 3 is 2.95 bits per heavy atom. The van der Waals surface area contributed by atoms with Crippen molar-refractivity contribution in [2.24, 2.45) is 0 Å².